The molecule has 2 amide bonds. The lowest BCUT2D eigenvalue weighted by atomic mass is 9.85. The van der Waals surface area contributed by atoms with Gasteiger partial charge in [-0.2, -0.15) is 0 Å². The summed E-state index contributed by atoms with van der Waals surface area (Å²) in [5.74, 6) is -0.333. The molecule has 0 aliphatic heterocycles. The fourth-order valence-electron chi connectivity index (χ4n) is 3.66. The molecule has 1 atom stereocenters. The third-order valence-corrected chi connectivity index (χ3v) is 5.34. The van der Waals surface area contributed by atoms with Gasteiger partial charge in [0.05, 0.1) is 0 Å². The van der Waals surface area contributed by atoms with Crippen molar-refractivity contribution in [2.24, 2.45) is 5.92 Å². The van der Waals surface area contributed by atoms with Crippen molar-refractivity contribution >= 4 is 11.8 Å². The fraction of sp³-hybridized carbons (Fsp3) is 0.476. The molecule has 1 aliphatic carbocycles. The van der Waals surface area contributed by atoms with Gasteiger partial charge in [0.1, 0.15) is 11.6 Å². The van der Waals surface area contributed by atoms with Crippen LogP contribution in [-0.4, -0.2) is 39.5 Å². The van der Waals surface area contributed by atoms with Gasteiger partial charge in [-0.3, -0.25) is 9.59 Å². The molecule has 0 radical (unpaired) electrons. The Morgan fingerprint density at radius 1 is 1.24 bits per heavy atom. The predicted octanol–water partition coefficient (Wildman–Crippen LogP) is 2.01. The van der Waals surface area contributed by atoms with Gasteiger partial charge in [0.25, 0.3) is 5.91 Å². The van der Waals surface area contributed by atoms with E-state index in [0.29, 0.717) is 32.2 Å². The largest absolute Gasteiger partial charge is 0.378 e. The molecule has 3 rings (SSSR count). The van der Waals surface area contributed by atoms with E-state index in [1.165, 1.54) is 18.2 Å². The molecule has 1 unspecified atom stereocenters. The number of benzene rings is 1. The average Bonchev–Trinajstić information content (AvgIpc) is 3.25. The zero-order valence-corrected chi connectivity index (χ0v) is 16.2. The first-order valence-electron chi connectivity index (χ1n) is 10.0. The molecule has 7 nitrogen and oxygen atoms in total. The molecular weight excluding hydrogens is 375 g/mol. The maximum atomic E-state index is 13.7. The SMILES string of the molecule is O=C(NCCCc1ncc[nH]1)C1CCC(NC(=O)C(O)c2ccccc2F)CC1. The first kappa shape index (κ1) is 21.0. The molecule has 29 heavy (non-hydrogen) atoms. The van der Waals surface area contributed by atoms with Gasteiger partial charge in [0.15, 0.2) is 6.10 Å². The Morgan fingerprint density at radius 2 is 2.00 bits per heavy atom. The highest BCUT2D eigenvalue weighted by molar-refractivity contribution is 5.82. The van der Waals surface area contributed by atoms with E-state index in [9.17, 15) is 19.1 Å². The highest BCUT2D eigenvalue weighted by Crippen LogP contribution is 2.25. The summed E-state index contributed by atoms with van der Waals surface area (Å²) in [6, 6.07) is 5.57. The first-order chi connectivity index (χ1) is 14.0. The zero-order chi connectivity index (χ0) is 20.6. The third kappa shape index (κ3) is 5.87. The topological polar surface area (TPSA) is 107 Å². The van der Waals surface area contributed by atoms with Gasteiger partial charge in [-0.1, -0.05) is 18.2 Å². The summed E-state index contributed by atoms with van der Waals surface area (Å²) in [5, 5.41) is 15.8. The number of halogens is 1. The van der Waals surface area contributed by atoms with Crippen molar-refractivity contribution in [3.05, 3.63) is 53.9 Å². The number of nitrogens with zero attached hydrogens (tertiary/aromatic N) is 1. The molecule has 8 heteroatoms. The third-order valence-electron chi connectivity index (χ3n) is 5.34. The number of nitrogens with one attached hydrogen (secondary N) is 3. The van der Waals surface area contributed by atoms with Crippen LogP contribution in [0.5, 0.6) is 0 Å². The van der Waals surface area contributed by atoms with Crippen molar-refractivity contribution < 1.29 is 19.1 Å². The molecule has 1 aromatic carbocycles. The number of carbonyl (C=O) groups is 2. The van der Waals surface area contributed by atoms with Gasteiger partial charge in [0, 0.05) is 42.9 Å². The molecule has 156 valence electrons. The Balaban J connectivity index is 1.36. The number of aromatic amines is 1. The Morgan fingerprint density at radius 3 is 2.69 bits per heavy atom. The van der Waals surface area contributed by atoms with E-state index in [-0.39, 0.29) is 23.4 Å². The van der Waals surface area contributed by atoms with Crippen LogP contribution in [0.4, 0.5) is 4.39 Å². The standard InChI is InChI=1S/C21H27FN4O3/c22-17-5-2-1-4-16(17)19(27)21(29)26-15-9-7-14(8-10-15)20(28)25-11-3-6-18-23-12-13-24-18/h1-2,4-5,12-15,19,27H,3,6-11H2,(H,23,24)(H,25,28)(H,26,29). The molecule has 4 N–H and O–H groups in total. The number of hydrogen-bond donors (Lipinski definition) is 4. The van der Waals surface area contributed by atoms with Crippen LogP contribution >= 0.6 is 0 Å². The van der Waals surface area contributed by atoms with Gasteiger partial charge in [-0.15, -0.1) is 0 Å². The van der Waals surface area contributed by atoms with Crippen LogP contribution in [0.1, 0.15) is 49.6 Å². The lowest BCUT2D eigenvalue weighted by molar-refractivity contribution is -0.131. The molecule has 2 aromatic rings. The minimum Gasteiger partial charge on any atom is -0.378 e. The number of aliphatic hydroxyl groups excluding tert-OH is 1. The van der Waals surface area contributed by atoms with Crippen LogP contribution in [0.25, 0.3) is 0 Å². The van der Waals surface area contributed by atoms with E-state index < -0.39 is 17.8 Å². The van der Waals surface area contributed by atoms with Crippen LogP contribution in [0.3, 0.4) is 0 Å². The van der Waals surface area contributed by atoms with Crippen molar-refractivity contribution in [3.8, 4) is 0 Å². The number of aromatic nitrogens is 2. The summed E-state index contributed by atoms with van der Waals surface area (Å²) in [6.07, 6.45) is 6.21. The molecule has 0 saturated heterocycles. The summed E-state index contributed by atoms with van der Waals surface area (Å²) in [4.78, 5) is 31.7. The van der Waals surface area contributed by atoms with Gasteiger partial charge < -0.3 is 20.7 Å². The average molecular weight is 402 g/mol. The molecule has 0 bridgehead atoms. The minimum atomic E-state index is -1.54. The van der Waals surface area contributed by atoms with Crippen LogP contribution in [0, 0.1) is 11.7 Å². The Bertz CT molecular complexity index is 804. The number of aliphatic hydroxyl groups is 1. The van der Waals surface area contributed by atoms with Gasteiger partial charge in [0.2, 0.25) is 5.91 Å². The zero-order valence-electron chi connectivity index (χ0n) is 16.2. The predicted molar refractivity (Wildman–Crippen MR) is 105 cm³/mol. The van der Waals surface area contributed by atoms with Crippen LogP contribution in [-0.2, 0) is 16.0 Å². The Hall–Kier alpha value is -2.74. The normalized spacial score (nSPS) is 20.1. The van der Waals surface area contributed by atoms with Crippen molar-refractivity contribution in [3.63, 3.8) is 0 Å². The molecule has 1 fully saturated rings. The van der Waals surface area contributed by atoms with Crippen molar-refractivity contribution in [2.45, 2.75) is 50.7 Å². The van der Waals surface area contributed by atoms with E-state index in [1.54, 1.807) is 18.5 Å². The molecule has 1 saturated carbocycles. The number of aryl methyl sites for hydroxylation is 1. The van der Waals surface area contributed by atoms with Crippen LogP contribution < -0.4 is 10.6 Å². The first-order valence-corrected chi connectivity index (χ1v) is 10.0. The Kier molecular flexibility index (Phi) is 7.35. The molecule has 1 heterocycles. The highest BCUT2D eigenvalue weighted by Gasteiger charge is 2.29. The summed E-state index contributed by atoms with van der Waals surface area (Å²) >= 11 is 0. The van der Waals surface area contributed by atoms with E-state index in [0.717, 1.165) is 18.7 Å². The van der Waals surface area contributed by atoms with Gasteiger partial charge in [-0.25, -0.2) is 9.37 Å². The summed E-state index contributed by atoms with van der Waals surface area (Å²) in [6.45, 7) is 0.602. The van der Waals surface area contributed by atoms with Crippen LogP contribution in [0.15, 0.2) is 36.7 Å². The number of H-pyrrole nitrogens is 1. The van der Waals surface area contributed by atoms with Crippen molar-refractivity contribution in [1.82, 2.24) is 20.6 Å². The molecular formula is C21H27FN4O3. The van der Waals surface area contributed by atoms with Crippen molar-refractivity contribution in [1.29, 1.82) is 0 Å². The highest BCUT2D eigenvalue weighted by atomic mass is 19.1. The maximum Gasteiger partial charge on any atom is 0.253 e. The molecule has 0 spiro atoms. The van der Waals surface area contributed by atoms with Gasteiger partial charge >= 0.3 is 0 Å². The summed E-state index contributed by atoms with van der Waals surface area (Å²) < 4.78 is 13.7. The second-order valence-electron chi connectivity index (χ2n) is 7.41. The second-order valence-corrected chi connectivity index (χ2v) is 7.41. The monoisotopic (exact) mass is 402 g/mol. The lowest BCUT2D eigenvalue weighted by Gasteiger charge is -2.29. The number of carbonyl (C=O) groups excluding carboxylic acids is 2. The van der Waals surface area contributed by atoms with E-state index in [1.807, 2.05) is 0 Å². The quantitative estimate of drug-likeness (QED) is 0.507. The number of rotatable bonds is 8. The van der Waals surface area contributed by atoms with E-state index in [4.69, 9.17) is 0 Å². The molecule has 1 aliphatic rings. The number of amides is 2. The van der Waals surface area contributed by atoms with Crippen molar-refractivity contribution in [2.75, 3.05) is 6.54 Å². The Labute approximate surface area is 169 Å². The summed E-state index contributed by atoms with van der Waals surface area (Å²) in [7, 11) is 0. The number of imidazole rings is 1. The van der Waals surface area contributed by atoms with E-state index in [2.05, 4.69) is 20.6 Å². The van der Waals surface area contributed by atoms with Crippen LogP contribution in [0.2, 0.25) is 0 Å². The maximum absolute atomic E-state index is 13.7. The van der Waals surface area contributed by atoms with Gasteiger partial charge in [-0.05, 0) is 38.2 Å². The minimum absolute atomic E-state index is 0.0346. The smallest absolute Gasteiger partial charge is 0.253 e. The fourth-order valence-corrected chi connectivity index (χ4v) is 3.66. The molecule has 1 aromatic heterocycles. The van der Waals surface area contributed by atoms with E-state index >= 15 is 0 Å². The summed E-state index contributed by atoms with van der Waals surface area (Å²) in [5.41, 5.74) is -0.0346. The number of hydrogen-bond acceptors (Lipinski definition) is 4. The second kappa shape index (κ2) is 10.2. The lowest BCUT2D eigenvalue weighted by Crippen LogP contribution is -2.42.